The summed E-state index contributed by atoms with van der Waals surface area (Å²) in [5, 5.41) is 0. The number of allylic oxidation sites excluding steroid dienone is 3. The fourth-order valence-corrected chi connectivity index (χ4v) is 1.01. The number of hydrogen-bond donors (Lipinski definition) is 0. The van der Waals surface area contributed by atoms with E-state index in [-0.39, 0.29) is 0 Å². The van der Waals surface area contributed by atoms with Crippen molar-refractivity contribution in [3.8, 4) is 0 Å². The lowest BCUT2D eigenvalue weighted by Crippen LogP contribution is -1.84. The van der Waals surface area contributed by atoms with Crippen molar-refractivity contribution in [3.63, 3.8) is 0 Å². The molecule has 0 unspecified atom stereocenters. The van der Waals surface area contributed by atoms with Crippen molar-refractivity contribution in [2.45, 2.75) is 13.8 Å². The van der Waals surface area contributed by atoms with Gasteiger partial charge in [-0.3, -0.25) is 4.98 Å². The molecule has 1 heteroatoms. The third kappa shape index (κ3) is 2.70. The van der Waals surface area contributed by atoms with Gasteiger partial charge in [0, 0.05) is 11.9 Å². The zero-order valence-corrected chi connectivity index (χ0v) is 8.75. The summed E-state index contributed by atoms with van der Waals surface area (Å²) in [5.41, 5.74) is 4.09. The molecular weight excluding hydrogens is 170 g/mol. The van der Waals surface area contributed by atoms with Crippen LogP contribution >= 0.6 is 0 Å². The quantitative estimate of drug-likeness (QED) is 0.656. The summed E-state index contributed by atoms with van der Waals surface area (Å²) in [6.07, 6.45) is 5.77. The molecule has 0 fully saturated rings. The molecular formula is C13H15N. The lowest BCUT2D eigenvalue weighted by atomic mass is 10.1. The van der Waals surface area contributed by atoms with Gasteiger partial charge in [0.25, 0.3) is 0 Å². The minimum absolute atomic E-state index is 0.952. The van der Waals surface area contributed by atoms with E-state index in [0.717, 1.165) is 22.4 Å². The highest BCUT2D eigenvalue weighted by Crippen LogP contribution is 2.10. The van der Waals surface area contributed by atoms with E-state index < -0.39 is 0 Å². The summed E-state index contributed by atoms with van der Waals surface area (Å²) in [6, 6.07) is 3.96. The molecule has 1 aromatic heterocycles. The maximum Gasteiger partial charge on any atom is 0.0444 e. The van der Waals surface area contributed by atoms with Crippen LogP contribution in [-0.2, 0) is 0 Å². The molecule has 0 spiro atoms. The SMILES string of the molecule is C=C(C)C(=C)/C=C\c1cccnc1C. The molecule has 14 heavy (non-hydrogen) atoms. The Morgan fingerprint density at radius 2 is 2.14 bits per heavy atom. The normalized spacial score (nSPS) is 10.4. The minimum atomic E-state index is 0.952. The van der Waals surface area contributed by atoms with Gasteiger partial charge in [0.1, 0.15) is 0 Å². The van der Waals surface area contributed by atoms with E-state index in [1.165, 1.54) is 0 Å². The topological polar surface area (TPSA) is 12.9 Å². The number of pyridine rings is 1. The van der Waals surface area contributed by atoms with Crippen LogP contribution in [0.3, 0.4) is 0 Å². The molecule has 0 aliphatic heterocycles. The molecule has 0 saturated carbocycles. The second kappa shape index (κ2) is 4.56. The first-order valence-electron chi connectivity index (χ1n) is 4.55. The maximum atomic E-state index is 4.20. The van der Waals surface area contributed by atoms with Crippen LogP contribution in [0.25, 0.3) is 6.08 Å². The monoisotopic (exact) mass is 185 g/mol. The van der Waals surface area contributed by atoms with Crippen molar-refractivity contribution in [2.24, 2.45) is 0 Å². The molecule has 1 nitrogen and oxygen atoms in total. The first-order valence-corrected chi connectivity index (χ1v) is 4.55. The first kappa shape index (κ1) is 10.5. The second-order valence-corrected chi connectivity index (χ2v) is 3.32. The van der Waals surface area contributed by atoms with Crippen LogP contribution < -0.4 is 0 Å². The summed E-state index contributed by atoms with van der Waals surface area (Å²) in [6.45, 7) is 11.7. The molecule has 0 saturated heterocycles. The zero-order valence-electron chi connectivity index (χ0n) is 8.75. The van der Waals surface area contributed by atoms with Gasteiger partial charge < -0.3 is 0 Å². The maximum absolute atomic E-state index is 4.20. The van der Waals surface area contributed by atoms with Gasteiger partial charge in [-0.15, -0.1) is 0 Å². The molecule has 1 rings (SSSR count). The highest BCUT2D eigenvalue weighted by molar-refractivity contribution is 5.56. The number of hydrogen-bond acceptors (Lipinski definition) is 1. The Labute approximate surface area is 85.5 Å². The molecule has 0 aliphatic rings. The molecule has 0 aromatic carbocycles. The summed E-state index contributed by atoms with van der Waals surface area (Å²) >= 11 is 0. The second-order valence-electron chi connectivity index (χ2n) is 3.32. The Hall–Kier alpha value is -1.63. The van der Waals surface area contributed by atoms with Crippen LogP contribution in [0.5, 0.6) is 0 Å². The van der Waals surface area contributed by atoms with Gasteiger partial charge in [0.05, 0.1) is 0 Å². The highest BCUT2D eigenvalue weighted by atomic mass is 14.7. The molecule has 0 radical (unpaired) electrons. The Balaban J connectivity index is 2.84. The Morgan fingerprint density at radius 1 is 1.43 bits per heavy atom. The van der Waals surface area contributed by atoms with E-state index in [2.05, 4.69) is 18.1 Å². The Kier molecular flexibility index (Phi) is 3.41. The molecule has 72 valence electrons. The van der Waals surface area contributed by atoms with Crippen molar-refractivity contribution in [1.82, 2.24) is 4.98 Å². The average molecular weight is 185 g/mol. The smallest absolute Gasteiger partial charge is 0.0444 e. The standard InChI is InChI=1S/C13H15N/c1-10(2)11(3)7-8-13-6-5-9-14-12(13)4/h5-9H,1,3H2,2,4H3/b8-7-. The third-order valence-corrected chi connectivity index (χ3v) is 2.06. The van der Waals surface area contributed by atoms with E-state index in [1.807, 2.05) is 38.1 Å². The summed E-state index contributed by atoms with van der Waals surface area (Å²) in [5.74, 6) is 0. The van der Waals surface area contributed by atoms with E-state index in [4.69, 9.17) is 0 Å². The van der Waals surface area contributed by atoms with Gasteiger partial charge in [-0.1, -0.05) is 36.9 Å². The number of aryl methyl sites for hydroxylation is 1. The van der Waals surface area contributed by atoms with Gasteiger partial charge in [-0.25, -0.2) is 0 Å². The molecule has 0 aliphatic carbocycles. The molecule has 0 amide bonds. The Bertz CT molecular complexity index is 386. The molecule has 0 N–H and O–H groups in total. The van der Waals surface area contributed by atoms with E-state index >= 15 is 0 Å². The van der Waals surface area contributed by atoms with Crippen molar-refractivity contribution in [2.75, 3.05) is 0 Å². The summed E-state index contributed by atoms with van der Waals surface area (Å²) in [4.78, 5) is 4.20. The molecule has 1 aromatic rings. The summed E-state index contributed by atoms with van der Waals surface area (Å²) in [7, 11) is 0. The van der Waals surface area contributed by atoms with Crippen LogP contribution in [0.2, 0.25) is 0 Å². The van der Waals surface area contributed by atoms with Crippen LogP contribution in [0, 0.1) is 6.92 Å². The van der Waals surface area contributed by atoms with Gasteiger partial charge >= 0.3 is 0 Å². The highest BCUT2D eigenvalue weighted by Gasteiger charge is 1.93. The lowest BCUT2D eigenvalue weighted by molar-refractivity contribution is 1.19. The minimum Gasteiger partial charge on any atom is -0.261 e. The number of nitrogens with zero attached hydrogens (tertiary/aromatic N) is 1. The summed E-state index contributed by atoms with van der Waals surface area (Å²) < 4.78 is 0. The van der Waals surface area contributed by atoms with Crippen molar-refractivity contribution < 1.29 is 0 Å². The first-order chi connectivity index (χ1) is 6.61. The average Bonchev–Trinajstić information content (AvgIpc) is 2.16. The van der Waals surface area contributed by atoms with Crippen molar-refractivity contribution in [3.05, 3.63) is 60.0 Å². The fourth-order valence-electron chi connectivity index (χ4n) is 1.01. The van der Waals surface area contributed by atoms with Gasteiger partial charge in [-0.05, 0) is 31.1 Å². The van der Waals surface area contributed by atoms with Crippen LogP contribution in [0.1, 0.15) is 18.2 Å². The molecule has 0 atom stereocenters. The van der Waals surface area contributed by atoms with Crippen LogP contribution in [0.4, 0.5) is 0 Å². The van der Waals surface area contributed by atoms with Crippen molar-refractivity contribution in [1.29, 1.82) is 0 Å². The fraction of sp³-hybridized carbons (Fsp3) is 0.154. The zero-order chi connectivity index (χ0) is 10.6. The van der Waals surface area contributed by atoms with E-state index in [1.54, 1.807) is 6.20 Å². The number of aromatic nitrogens is 1. The van der Waals surface area contributed by atoms with E-state index in [0.29, 0.717) is 0 Å². The van der Waals surface area contributed by atoms with Gasteiger partial charge in [0.2, 0.25) is 0 Å². The predicted octanol–water partition coefficient (Wildman–Crippen LogP) is 3.54. The van der Waals surface area contributed by atoms with Gasteiger partial charge in [0.15, 0.2) is 0 Å². The van der Waals surface area contributed by atoms with Gasteiger partial charge in [-0.2, -0.15) is 0 Å². The lowest BCUT2D eigenvalue weighted by Gasteiger charge is -1.99. The van der Waals surface area contributed by atoms with E-state index in [9.17, 15) is 0 Å². The van der Waals surface area contributed by atoms with Crippen LogP contribution in [-0.4, -0.2) is 4.98 Å². The Morgan fingerprint density at radius 3 is 2.71 bits per heavy atom. The third-order valence-electron chi connectivity index (χ3n) is 2.06. The molecule has 0 bridgehead atoms. The van der Waals surface area contributed by atoms with Crippen molar-refractivity contribution >= 4 is 6.08 Å². The molecule has 1 heterocycles. The predicted molar refractivity (Wildman–Crippen MR) is 62.0 cm³/mol. The van der Waals surface area contributed by atoms with Crippen LogP contribution in [0.15, 0.2) is 48.7 Å². The largest absolute Gasteiger partial charge is 0.261 e. The number of rotatable bonds is 3.